The molecule has 0 radical (unpaired) electrons. The van der Waals surface area contributed by atoms with Crippen LogP contribution in [0.4, 0.5) is 0 Å². The number of benzene rings is 1. The number of alkyl halides is 1. The molecule has 0 aliphatic rings. The van der Waals surface area contributed by atoms with Crippen molar-refractivity contribution in [1.29, 1.82) is 0 Å². The van der Waals surface area contributed by atoms with E-state index in [4.69, 9.17) is 0 Å². The molecule has 0 spiro atoms. The Bertz CT molecular complexity index is 524. The van der Waals surface area contributed by atoms with Gasteiger partial charge in [0.15, 0.2) is 5.78 Å². The molecule has 2 aromatic rings. The molecule has 0 saturated carbocycles. The molecule has 0 atom stereocenters. The number of carbonyl (C=O) groups excluding carboxylic acids is 1. The van der Waals surface area contributed by atoms with Crippen molar-refractivity contribution < 1.29 is 4.79 Å². The molecule has 0 fully saturated rings. The number of halogens is 2. The van der Waals surface area contributed by atoms with Crippen LogP contribution in [0.25, 0.3) is 5.69 Å². The fourth-order valence-electron chi connectivity index (χ4n) is 1.31. The maximum Gasteiger partial charge on any atom is 0.192 e. The van der Waals surface area contributed by atoms with Crippen LogP contribution in [0.5, 0.6) is 0 Å². The lowest BCUT2D eigenvalue weighted by molar-refractivity contribution is 0.102. The van der Waals surface area contributed by atoms with Crippen LogP contribution in [-0.2, 0) is 0 Å². The molecule has 0 amide bonds. The zero-order valence-electron chi connectivity index (χ0n) is 8.23. The molecule has 3 nitrogen and oxygen atoms in total. The molecule has 2 rings (SSSR count). The summed E-state index contributed by atoms with van der Waals surface area (Å²) < 4.78 is 3.29. The van der Waals surface area contributed by atoms with Crippen molar-refractivity contribution >= 4 is 44.3 Å². The Labute approximate surface area is 115 Å². The Morgan fingerprint density at radius 1 is 1.50 bits per heavy atom. The lowest BCUT2D eigenvalue weighted by Crippen LogP contribution is -1.99. The van der Waals surface area contributed by atoms with Crippen LogP contribution in [0.1, 0.15) is 10.5 Å². The molecule has 0 saturated heterocycles. The SMILES string of the molecule is O=C(CI)c1cn(-c2cccc(Br)c2)cn1. The molecule has 1 aromatic heterocycles. The van der Waals surface area contributed by atoms with Crippen LogP contribution < -0.4 is 0 Å². The lowest BCUT2D eigenvalue weighted by Gasteiger charge is -2.01. The van der Waals surface area contributed by atoms with Gasteiger partial charge >= 0.3 is 0 Å². The molecule has 5 heteroatoms. The Balaban J connectivity index is 2.35. The first-order chi connectivity index (χ1) is 7.70. The quantitative estimate of drug-likeness (QED) is 0.458. The average Bonchev–Trinajstić information content (AvgIpc) is 2.77. The van der Waals surface area contributed by atoms with Crippen LogP contribution in [-0.4, -0.2) is 19.8 Å². The lowest BCUT2D eigenvalue weighted by atomic mass is 10.3. The Hall–Kier alpha value is -0.690. The van der Waals surface area contributed by atoms with Crippen molar-refractivity contribution in [1.82, 2.24) is 9.55 Å². The van der Waals surface area contributed by atoms with Gasteiger partial charge in [-0.3, -0.25) is 4.79 Å². The van der Waals surface area contributed by atoms with Gasteiger partial charge in [0, 0.05) is 16.4 Å². The smallest absolute Gasteiger partial charge is 0.192 e. The Kier molecular flexibility index (Phi) is 3.75. The van der Waals surface area contributed by atoms with Crippen molar-refractivity contribution in [2.45, 2.75) is 0 Å². The van der Waals surface area contributed by atoms with E-state index in [1.807, 2.05) is 51.4 Å². The first kappa shape index (κ1) is 11.8. The van der Waals surface area contributed by atoms with Crippen LogP contribution >= 0.6 is 38.5 Å². The Morgan fingerprint density at radius 2 is 2.31 bits per heavy atom. The highest BCUT2D eigenvalue weighted by Crippen LogP contribution is 2.15. The van der Waals surface area contributed by atoms with Crippen LogP contribution in [0.15, 0.2) is 41.3 Å². The number of rotatable bonds is 3. The minimum Gasteiger partial charge on any atom is -0.306 e. The molecule has 0 N–H and O–H groups in total. The first-order valence-corrected chi connectivity index (χ1v) is 6.91. The third-order valence-electron chi connectivity index (χ3n) is 2.10. The zero-order chi connectivity index (χ0) is 11.5. The van der Waals surface area contributed by atoms with E-state index in [0.29, 0.717) is 10.1 Å². The highest BCUT2D eigenvalue weighted by molar-refractivity contribution is 14.1. The zero-order valence-corrected chi connectivity index (χ0v) is 12.0. The average molecular weight is 391 g/mol. The van der Waals surface area contributed by atoms with Crippen molar-refractivity contribution in [3.63, 3.8) is 0 Å². The molecule has 82 valence electrons. The van der Waals surface area contributed by atoms with E-state index >= 15 is 0 Å². The van der Waals surface area contributed by atoms with Crippen molar-refractivity contribution in [3.8, 4) is 5.69 Å². The van der Waals surface area contributed by atoms with E-state index in [1.165, 1.54) is 0 Å². The molecular formula is C11H8BrIN2O. The van der Waals surface area contributed by atoms with Crippen LogP contribution in [0, 0.1) is 0 Å². The number of imidazole rings is 1. The van der Waals surface area contributed by atoms with Gasteiger partial charge in [-0.1, -0.05) is 44.6 Å². The molecule has 0 aliphatic heterocycles. The van der Waals surface area contributed by atoms with Crippen molar-refractivity contribution in [2.75, 3.05) is 4.43 Å². The molecular weight excluding hydrogens is 383 g/mol. The maximum atomic E-state index is 11.4. The van der Waals surface area contributed by atoms with E-state index < -0.39 is 0 Å². The minimum absolute atomic E-state index is 0.0503. The summed E-state index contributed by atoms with van der Waals surface area (Å²) in [6, 6.07) is 7.83. The number of ketones is 1. The van der Waals surface area contributed by atoms with Crippen molar-refractivity contribution in [2.24, 2.45) is 0 Å². The molecule has 1 aromatic carbocycles. The number of nitrogens with zero attached hydrogens (tertiary/aromatic N) is 2. The number of carbonyl (C=O) groups is 1. The van der Waals surface area contributed by atoms with E-state index in [9.17, 15) is 4.79 Å². The molecule has 16 heavy (non-hydrogen) atoms. The highest BCUT2D eigenvalue weighted by Gasteiger charge is 2.08. The summed E-state index contributed by atoms with van der Waals surface area (Å²) in [4.78, 5) is 15.5. The van der Waals surface area contributed by atoms with Gasteiger partial charge in [-0.25, -0.2) is 4.98 Å². The normalized spacial score (nSPS) is 10.4. The summed E-state index contributed by atoms with van der Waals surface area (Å²) in [6.07, 6.45) is 3.41. The van der Waals surface area contributed by atoms with Gasteiger partial charge in [0.1, 0.15) is 12.0 Å². The predicted molar refractivity (Wildman–Crippen MR) is 74.5 cm³/mol. The number of hydrogen-bond donors (Lipinski definition) is 0. The third kappa shape index (κ3) is 2.52. The van der Waals surface area contributed by atoms with Gasteiger partial charge in [0.2, 0.25) is 0 Å². The van der Waals surface area contributed by atoms with E-state index in [2.05, 4.69) is 20.9 Å². The fourth-order valence-corrected chi connectivity index (χ4v) is 2.09. The van der Waals surface area contributed by atoms with E-state index in [1.54, 1.807) is 12.5 Å². The standard InChI is InChI=1S/C11H8BrIN2O/c12-8-2-1-3-9(4-8)15-6-10(14-7-15)11(16)5-13/h1-4,6-7H,5H2. The van der Waals surface area contributed by atoms with Crippen molar-refractivity contribution in [3.05, 3.63) is 47.0 Å². The summed E-state index contributed by atoms with van der Waals surface area (Å²) >= 11 is 5.45. The second kappa shape index (κ2) is 5.09. The third-order valence-corrected chi connectivity index (χ3v) is 3.28. The second-order valence-electron chi connectivity index (χ2n) is 3.20. The van der Waals surface area contributed by atoms with E-state index in [-0.39, 0.29) is 5.78 Å². The number of hydrogen-bond acceptors (Lipinski definition) is 2. The topological polar surface area (TPSA) is 34.9 Å². The molecule has 1 heterocycles. The van der Waals surface area contributed by atoms with Gasteiger partial charge in [0.05, 0.1) is 4.43 Å². The molecule has 0 aliphatic carbocycles. The van der Waals surface area contributed by atoms with Gasteiger partial charge in [-0.05, 0) is 18.2 Å². The minimum atomic E-state index is 0.0503. The molecule has 0 bridgehead atoms. The van der Waals surface area contributed by atoms with E-state index in [0.717, 1.165) is 10.2 Å². The van der Waals surface area contributed by atoms with Crippen LogP contribution in [0.3, 0.4) is 0 Å². The van der Waals surface area contributed by atoms with Gasteiger partial charge in [-0.15, -0.1) is 0 Å². The first-order valence-electron chi connectivity index (χ1n) is 4.60. The van der Waals surface area contributed by atoms with Gasteiger partial charge < -0.3 is 4.57 Å². The summed E-state index contributed by atoms with van der Waals surface area (Å²) in [6.45, 7) is 0. The largest absolute Gasteiger partial charge is 0.306 e. The summed E-state index contributed by atoms with van der Waals surface area (Å²) in [5.74, 6) is 0.0503. The van der Waals surface area contributed by atoms with Crippen LogP contribution in [0.2, 0.25) is 0 Å². The predicted octanol–water partition coefficient (Wildman–Crippen LogP) is 3.25. The summed E-state index contributed by atoms with van der Waals surface area (Å²) in [7, 11) is 0. The fraction of sp³-hybridized carbons (Fsp3) is 0.0909. The summed E-state index contributed by atoms with van der Waals surface area (Å²) in [5, 5.41) is 0. The van der Waals surface area contributed by atoms with Gasteiger partial charge in [-0.2, -0.15) is 0 Å². The Morgan fingerprint density at radius 3 is 3.00 bits per heavy atom. The number of aromatic nitrogens is 2. The second-order valence-corrected chi connectivity index (χ2v) is 4.88. The molecule has 0 unspecified atom stereocenters. The highest BCUT2D eigenvalue weighted by atomic mass is 127. The van der Waals surface area contributed by atoms with Gasteiger partial charge in [0.25, 0.3) is 0 Å². The maximum absolute atomic E-state index is 11.4. The number of Topliss-reactive ketones (excluding diaryl/α,β-unsaturated/α-hetero) is 1. The summed E-state index contributed by atoms with van der Waals surface area (Å²) in [5.41, 5.74) is 1.49. The monoisotopic (exact) mass is 390 g/mol.